The number of rotatable bonds is 8. The number of hydrogen-bond donors (Lipinski definition) is 2. The largest absolute Gasteiger partial charge is 0.497 e. The topological polar surface area (TPSA) is 56.8 Å². The van der Waals surface area contributed by atoms with E-state index in [0.29, 0.717) is 13.1 Å². The van der Waals surface area contributed by atoms with Crippen LogP contribution in [-0.4, -0.2) is 57.3 Å². The van der Waals surface area contributed by atoms with Gasteiger partial charge in [0.2, 0.25) is 0 Å². The highest BCUT2D eigenvalue weighted by atomic mass is 16.5. The summed E-state index contributed by atoms with van der Waals surface area (Å²) in [6, 6.07) is 18.2. The summed E-state index contributed by atoms with van der Waals surface area (Å²) in [7, 11) is 1.64. The highest BCUT2D eigenvalue weighted by molar-refractivity contribution is 5.73. The summed E-state index contributed by atoms with van der Waals surface area (Å²) >= 11 is 0. The summed E-state index contributed by atoms with van der Waals surface area (Å²) in [5, 5.41) is 5.83. The van der Waals surface area contributed by atoms with Gasteiger partial charge in [-0.05, 0) is 42.8 Å². The molecule has 3 rings (SSSR count). The molecule has 1 aliphatic heterocycles. The lowest BCUT2D eigenvalue weighted by Gasteiger charge is -2.36. The fraction of sp³-hybridized carbons (Fsp3) is 0.409. The van der Waals surface area contributed by atoms with E-state index in [1.54, 1.807) is 7.11 Å². The van der Waals surface area contributed by atoms with Crippen molar-refractivity contribution in [3.63, 3.8) is 0 Å². The maximum Gasteiger partial charge on any atom is 0.315 e. The first-order chi connectivity index (χ1) is 13.7. The number of carbonyl (C=O) groups is 1. The predicted octanol–water partition coefficient (Wildman–Crippen LogP) is 2.71. The molecule has 1 fully saturated rings. The summed E-state index contributed by atoms with van der Waals surface area (Å²) in [6.45, 7) is 6.46. The van der Waals surface area contributed by atoms with Crippen molar-refractivity contribution in [3.8, 4) is 5.75 Å². The van der Waals surface area contributed by atoms with Gasteiger partial charge in [0.15, 0.2) is 0 Å². The zero-order chi connectivity index (χ0) is 19.6. The summed E-state index contributed by atoms with van der Waals surface area (Å²) in [4.78, 5) is 16.8. The van der Waals surface area contributed by atoms with Crippen molar-refractivity contribution in [1.82, 2.24) is 15.5 Å². The number of anilines is 1. The van der Waals surface area contributed by atoms with Crippen molar-refractivity contribution >= 4 is 11.7 Å². The average Bonchev–Trinajstić information content (AvgIpc) is 2.76. The molecule has 0 radical (unpaired) electrons. The molecular weight excluding hydrogens is 352 g/mol. The van der Waals surface area contributed by atoms with E-state index in [-0.39, 0.29) is 6.03 Å². The normalized spacial score (nSPS) is 14.5. The van der Waals surface area contributed by atoms with Crippen molar-refractivity contribution in [1.29, 1.82) is 0 Å². The van der Waals surface area contributed by atoms with Crippen LogP contribution in [0.25, 0.3) is 0 Å². The molecule has 2 aromatic carbocycles. The molecular formula is C22H30N4O2. The van der Waals surface area contributed by atoms with Crippen LogP contribution in [0.15, 0.2) is 54.6 Å². The third kappa shape index (κ3) is 6.16. The molecule has 0 aliphatic carbocycles. The number of benzene rings is 2. The lowest BCUT2D eigenvalue weighted by atomic mass is 10.2. The summed E-state index contributed by atoms with van der Waals surface area (Å²) in [5.74, 6) is 0.817. The molecule has 6 heteroatoms. The summed E-state index contributed by atoms with van der Waals surface area (Å²) in [6.07, 6.45) is 0.960. The first kappa shape index (κ1) is 20.0. The van der Waals surface area contributed by atoms with E-state index in [4.69, 9.17) is 4.74 Å². The van der Waals surface area contributed by atoms with Crippen molar-refractivity contribution < 1.29 is 9.53 Å². The van der Waals surface area contributed by atoms with Gasteiger partial charge in [-0.15, -0.1) is 0 Å². The van der Waals surface area contributed by atoms with Gasteiger partial charge >= 0.3 is 6.03 Å². The van der Waals surface area contributed by atoms with Crippen LogP contribution in [0.1, 0.15) is 12.0 Å². The maximum atomic E-state index is 11.9. The van der Waals surface area contributed by atoms with Gasteiger partial charge in [0.1, 0.15) is 5.75 Å². The Morgan fingerprint density at radius 1 is 0.964 bits per heavy atom. The van der Waals surface area contributed by atoms with Gasteiger partial charge in [0.05, 0.1) is 7.11 Å². The molecule has 28 heavy (non-hydrogen) atoms. The number of ether oxygens (including phenoxy) is 1. The minimum absolute atomic E-state index is 0.121. The summed E-state index contributed by atoms with van der Waals surface area (Å²) < 4.78 is 5.13. The number of amides is 2. The number of urea groups is 1. The van der Waals surface area contributed by atoms with Gasteiger partial charge in [-0.25, -0.2) is 4.79 Å². The Kier molecular flexibility index (Phi) is 7.55. The van der Waals surface area contributed by atoms with Crippen LogP contribution in [0.4, 0.5) is 10.5 Å². The molecule has 1 saturated heterocycles. The van der Waals surface area contributed by atoms with E-state index in [2.05, 4.69) is 50.8 Å². The highest BCUT2D eigenvalue weighted by Crippen LogP contribution is 2.15. The standard InChI is InChI=1S/C22H30N4O2/c1-28-21-10-8-19(9-11-21)18-24-22(27)23-12-5-13-25-14-16-26(17-15-25)20-6-3-2-4-7-20/h2-4,6-11H,5,12-18H2,1H3,(H2,23,24,27). The molecule has 2 amide bonds. The van der Waals surface area contributed by atoms with Gasteiger partial charge in [-0.3, -0.25) is 4.90 Å². The molecule has 0 atom stereocenters. The van der Waals surface area contributed by atoms with Crippen LogP contribution in [0.5, 0.6) is 5.75 Å². The van der Waals surface area contributed by atoms with Gasteiger partial charge in [0.25, 0.3) is 0 Å². The van der Waals surface area contributed by atoms with Crippen LogP contribution in [0.3, 0.4) is 0 Å². The van der Waals surface area contributed by atoms with E-state index in [9.17, 15) is 4.79 Å². The Hall–Kier alpha value is -2.73. The van der Waals surface area contributed by atoms with Crippen molar-refractivity contribution in [2.24, 2.45) is 0 Å². The minimum Gasteiger partial charge on any atom is -0.497 e. The smallest absolute Gasteiger partial charge is 0.315 e. The Morgan fingerprint density at radius 2 is 1.68 bits per heavy atom. The SMILES string of the molecule is COc1ccc(CNC(=O)NCCCN2CCN(c3ccccc3)CC2)cc1. The highest BCUT2D eigenvalue weighted by Gasteiger charge is 2.16. The van der Waals surface area contributed by atoms with Gasteiger partial charge in [0, 0.05) is 45.0 Å². The number of nitrogens with zero attached hydrogens (tertiary/aromatic N) is 2. The number of para-hydroxylation sites is 1. The van der Waals surface area contributed by atoms with E-state index >= 15 is 0 Å². The molecule has 1 aliphatic rings. The predicted molar refractivity (Wildman–Crippen MR) is 113 cm³/mol. The monoisotopic (exact) mass is 382 g/mol. The van der Waals surface area contributed by atoms with Gasteiger partial charge in [-0.1, -0.05) is 30.3 Å². The van der Waals surface area contributed by atoms with Crippen LogP contribution < -0.4 is 20.3 Å². The number of methoxy groups -OCH3 is 1. The van der Waals surface area contributed by atoms with E-state index in [1.165, 1.54) is 5.69 Å². The molecule has 2 N–H and O–H groups in total. The Labute approximate surface area is 167 Å². The van der Waals surface area contributed by atoms with E-state index in [1.807, 2.05) is 24.3 Å². The zero-order valence-electron chi connectivity index (χ0n) is 16.6. The van der Waals surface area contributed by atoms with E-state index < -0.39 is 0 Å². The number of piperazine rings is 1. The van der Waals surface area contributed by atoms with Crippen LogP contribution in [0, 0.1) is 0 Å². The quantitative estimate of drug-likeness (QED) is 0.690. The molecule has 2 aromatic rings. The lowest BCUT2D eigenvalue weighted by molar-refractivity contribution is 0.235. The molecule has 0 spiro atoms. The fourth-order valence-electron chi connectivity index (χ4n) is 3.36. The Morgan fingerprint density at radius 3 is 2.36 bits per heavy atom. The third-order valence-corrected chi connectivity index (χ3v) is 5.04. The number of hydrogen-bond acceptors (Lipinski definition) is 4. The maximum absolute atomic E-state index is 11.9. The van der Waals surface area contributed by atoms with Crippen LogP contribution in [-0.2, 0) is 6.54 Å². The number of nitrogens with one attached hydrogen (secondary N) is 2. The Balaban J connectivity index is 1.26. The fourth-order valence-corrected chi connectivity index (χ4v) is 3.36. The Bertz CT molecular complexity index is 713. The van der Waals surface area contributed by atoms with Crippen LogP contribution >= 0.6 is 0 Å². The van der Waals surface area contributed by atoms with Crippen molar-refractivity contribution in [3.05, 3.63) is 60.2 Å². The second-order valence-electron chi connectivity index (χ2n) is 6.98. The number of carbonyl (C=O) groups excluding carboxylic acids is 1. The second kappa shape index (κ2) is 10.6. The molecule has 6 nitrogen and oxygen atoms in total. The molecule has 0 bridgehead atoms. The van der Waals surface area contributed by atoms with Crippen LogP contribution in [0.2, 0.25) is 0 Å². The van der Waals surface area contributed by atoms with Gasteiger partial charge in [-0.2, -0.15) is 0 Å². The first-order valence-electron chi connectivity index (χ1n) is 9.91. The van der Waals surface area contributed by atoms with Crippen molar-refractivity contribution in [2.45, 2.75) is 13.0 Å². The molecule has 1 heterocycles. The summed E-state index contributed by atoms with van der Waals surface area (Å²) in [5.41, 5.74) is 2.35. The molecule has 150 valence electrons. The third-order valence-electron chi connectivity index (χ3n) is 5.04. The van der Waals surface area contributed by atoms with Gasteiger partial charge < -0.3 is 20.3 Å². The molecule has 0 aromatic heterocycles. The second-order valence-corrected chi connectivity index (χ2v) is 6.98. The molecule has 0 saturated carbocycles. The lowest BCUT2D eigenvalue weighted by Crippen LogP contribution is -2.47. The van der Waals surface area contributed by atoms with E-state index in [0.717, 1.165) is 50.5 Å². The zero-order valence-corrected chi connectivity index (χ0v) is 16.6. The van der Waals surface area contributed by atoms with Crippen molar-refractivity contribution in [2.75, 3.05) is 51.3 Å². The first-order valence-corrected chi connectivity index (χ1v) is 9.91. The molecule has 0 unspecified atom stereocenters. The minimum atomic E-state index is -0.121. The average molecular weight is 383 g/mol.